The van der Waals surface area contributed by atoms with E-state index >= 15 is 0 Å². The smallest absolute Gasteiger partial charge is 0.133 e. The van der Waals surface area contributed by atoms with Gasteiger partial charge in [-0.15, -0.1) is 0 Å². The first-order chi connectivity index (χ1) is 8.31. The van der Waals surface area contributed by atoms with Crippen molar-refractivity contribution in [3.05, 3.63) is 48.2 Å². The van der Waals surface area contributed by atoms with E-state index in [1.54, 1.807) is 6.26 Å². The Kier molecular flexibility index (Phi) is 3.57. The third-order valence-corrected chi connectivity index (χ3v) is 2.37. The highest BCUT2D eigenvalue weighted by atomic mass is 16.3. The van der Waals surface area contributed by atoms with Crippen molar-refractivity contribution < 1.29 is 9.52 Å². The molecule has 4 heteroatoms. The van der Waals surface area contributed by atoms with Crippen LogP contribution in [0.1, 0.15) is 5.56 Å². The number of amidine groups is 1. The molecule has 1 aromatic heterocycles. The second kappa shape index (κ2) is 5.32. The molecule has 0 amide bonds. The zero-order valence-electron chi connectivity index (χ0n) is 9.34. The third kappa shape index (κ3) is 2.73. The van der Waals surface area contributed by atoms with E-state index in [1.165, 1.54) is 0 Å². The quantitative estimate of drug-likeness (QED) is 0.619. The summed E-state index contributed by atoms with van der Waals surface area (Å²) in [7, 11) is 0. The second-order valence-corrected chi connectivity index (χ2v) is 3.55. The number of nitrogens with zero attached hydrogens (tertiary/aromatic N) is 1. The summed E-state index contributed by atoms with van der Waals surface area (Å²) in [4.78, 5) is 4.03. The molecule has 0 aliphatic heterocycles. The monoisotopic (exact) mass is 230 g/mol. The topological polar surface area (TPSA) is 71.8 Å². The molecule has 1 aromatic carbocycles. The standard InChI is InChI=1S/C13H14N2O2/c14-13(15-7-8-16)11-5-3-10(4-6-11)12-2-1-9-17-12/h1-6,9,16H,7-8H2,(H2,14,15). The van der Waals surface area contributed by atoms with Crippen molar-refractivity contribution >= 4 is 5.84 Å². The van der Waals surface area contributed by atoms with Crippen LogP contribution in [0.25, 0.3) is 11.3 Å². The van der Waals surface area contributed by atoms with Crippen LogP contribution in [-0.2, 0) is 0 Å². The Labute approximate surface area is 99.4 Å². The Balaban J connectivity index is 2.19. The summed E-state index contributed by atoms with van der Waals surface area (Å²) in [5, 5.41) is 8.66. The zero-order valence-corrected chi connectivity index (χ0v) is 9.34. The van der Waals surface area contributed by atoms with Crippen LogP contribution in [0.5, 0.6) is 0 Å². The minimum absolute atomic E-state index is 0.00514. The molecule has 0 aliphatic carbocycles. The molecule has 1 heterocycles. The van der Waals surface area contributed by atoms with E-state index in [9.17, 15) is 0 Å². The number of rotatable bonds is 4. The van der Waals surface area contributed by atoms with Crippen molar-refractivity contribution in [2.45, 2.75) is 0 Å². The van der Waals surface area contributed by atoms with Crippen molar-refractivity contribution in [1.82, 2.24) is 0 Å². The number of hydrogen-bond donors (Lipinski definition) is 2. The highest BCUT2D eigenvalue weighted by molar-refractivity contribution is 5.97. The Morgan fingerprint density at radius 1 is 1.24 bits per heavy atom. The van der Waals surface area contributed by atoms with E-state index in [-0.39, 0.29) is 6.61 Å². The number of aliphatic hydroxyl groups excluding tert-OH is 1. The van der Waals surface area contributed by atoms with Gasteiger partial charge in [0.05, 0.1) is 19.4 Å². The highest BCUT2D eigenvalue weighted by Gasteiger charge is 2.02. The maximum absolute atomic E-state index is 8.66. The lowest BCUT2D eigenvalue weighted by Crippen LogP contribution is -2.14. The van der Waals surface area contributed by atoms with E-state index in [4.69, 9.17) is 15.3 Å². The Morgan fingerprint density at radius 3 is 2.59 bits per heavy atom. The second-order valence-electron chi connectivity index (χ2n) is 3.55. The maximum Gasteiger partial charge on any atom is 0.133 e. The normalized spacial score (nSPS) is 11.7. The number of benzene rings is 1. The van der Waals surface area contributed by atoms with Gasteiger partial charge in [-0.3, -0.25) is 4.99 Å². The minimum atomic E-state index is 0.00514. The first kappa shape index (κ1) is 11.4. The molecule has 0 atom stereocenters. The predicted molar refractivity (Wildman–Crippen MR) is 66.8 cm³/mol. The fourth-order valence-electron chi connectivity index (χ4n) is 1.51. The molecule has 2 rings (SSSR count). The Morgan fingerprint density at radius 2 is 2.00 bits per heavy atom. The Hall–Kier alpha value is -2.07. The van der Waals surface area contributed by atoms with Gasteiger partial charge in [-0.1, -0.05) is 24.3 Å². The van der Waals surface area contributed by atoms with E-state index < -0.39 is 0 Å². The van der Waals surface area contributed by atoms with Crippen LogP contribution in [0.15, 0.2) is 52.1 Å². The molecule has 0 fully saturated rings. The lowest BCUT2D eigenvalue weighted by molar-refractivity contribution is 0.307. The molecule has 0 aliphatic rings. The average Bonchev–Trinajstić information content (AvgIpc) is 2.90. The molecule has 2 aromatic rings. The molecule has 0 radical (unpaired) electrons. The number of nitrogens with two attached hydrogens (primary N) is 1. The largest absolute Gasteiger partial charge is 0.464 e. The summed E-state index contributed by atoms with van der Waals surface area (Å²) < 4.78 is 5.29. The SMILES string of the molecule is NC(=NCCO)c1ccc(-c2ccco2)cc1. The molecule has 4 nitrogen and oxygen atoms in total. The van der Waals surface area contributed by atoms with Gasteiger partial charge < -0.3 is 15.3 Å². The van der Waals surface area contributed by atoms with Gasteiger partial charge >= 0.3 is 0 Å². The van der Waals surface area contributed by atoms with Gasteiger partial charge in [0.15, 0.2) is 0 Å². The van der Waals surface area contributed by atoms with Crippen LogP contribution in [0.3, 0.4) is 0 Å². The van der Waals surface area contributed by atoms with E-state index in [0.29, 0.717) is 12.4 Å². The maximum atomic E-state index is 8.66. The summed E-state index contributed by atoms with van der Waals surface area (Å²) in [6.45, 7) is 0.330. The van der Waals surface area contributed by atoms with Gasteiger partial charge in [0, 0.05) is 11.1 Å². The fourth-order valence-corrected chi connectivity index (χ4v) is 1.51. The van der Waals surface area contributed by atoms with Gasteiger partial charge in [0.25, 0.3) is 0 Å². The highest BCUT2D eigenvalue weighted by Crippen LogP contribution is 2.19. The van der Waals surface area contributed by atoms with E-state index in [2.05, 4.69) is 4.99 Å². The molecular weight excluding hydrogens is 216 g/mol. The van der Waals surface area contributed by atoms with E-state index in [0.717, 1.165) is 16.9 Å². The van der Waals surface area contributed by atoms with Crippen molar-refractivity contribution in [2.75, 3.05) is 13.2 Å². The van der Waals surface area contributed by atoms with Crippen molar-refractivity contribution in [3.8, 4) is 11.3 Å². The van der Waals surface area contributed by atoms with Gasteiger partial charge in [-0.05, 0) is 12.1 Å². The number of aliphatic imine (C=N–C) groups is 1. The molecule has 0 saturated heterocycles. The van der Waals surface area contributed by atoms with Crippen LogP contribution in [0.2, 0.25) is 0 Å². The lowest BCUT2D eigenvalue weighted by atomic mass is 10.1. The third-order valence-electron chi connectivity index (χ3n) is 2.37. The van der Waals surface area contributed by atoms with Gasteiger partial charge in [-0.2, -0.15) is 0 Å². The van der Waals surface area contributed by atoms with Crippen LogP contribution in [-0.4, -0.2) is 24.1 Å². The van der Waals surface area contributed by atoms with Crippen LogP contribution in [0.4, 0.5) is 0 Å². The minimum Gasteiger partial charge on any atom is -0.464 e. The molecule has 17 heavy (non-hydrogen) atoms. The van der Waals surface area contributed by atoms with Crippen LogP contribution >= 0.6 is 0 Å². The molecule has 0 saturated carbocycles. The van der Waals surface area contributed by atoms with Gasteiger partial charge in [-0.25, -0.2) is 0 Å². The zero-order chi connectivity index (χ0) is 12.1. The average molecular weight is 230 g/mol. The molecule has 0 bridgehead atoms. The summed E-state index contributed by atoms with van der Waals surface area (Å²) in [6.07, 6.45) is 1.64. The first-order valence-electron chi connectivity index (χ1n) is 5.36. The summed E-state index contributed by atoms with van der Waals surface area (Å²) >= 11 is 0. The molecule has 0 unspecified atom stereocenters. The Bertz CT molecular complexity index is 487. The van der Waals surface area contributed by atoms with Gasteiger partial charge in [0.1, 0.15) is 11.6 Å². The molecule has 88 valence electrons. The van der Waals surface area contributed by atoms with Gasteiger partial charge in [0.2, 0.25) is 0 Å². The number of aliphatic hydroxyl groups is 1. The van der Waals surface area contributed by atoms with Crippen molar-refractivity contribution in [3.63, 3.8) is 0 Å². The number of furan rings is 1. The summed E-state index contributed by atoms with van der Waals surface area (Å²) in [6, 6.07) is 11.4. The summed E-state index contributed by atoms with van der Waals surface area (Å²) in [5.41, 5.74) is 7.60. The van der Waals surface area contributed by atoms with Crippen molar-refractivity contribution in [1.29, 1.82) is 0 Å². The van der Waals surface area contributed by atoms with Crippen LogP contribution in [0, 0.1) is 0 Å². The van der Waals surface area contributed by atoms with Crippen molar-refractivity contribution in [2.24, 2.45) is 10.7 Å². The predicted octanol–water partition coefficient (Wildman–Crippen LogP) is 1.64. The lowest BCUT2D eigenvalue weighted by Gasteiger charge is -2.02. The molecular formula is C13H14N2O2. The summed E-state index contributed by atoms with van der Waals surface area (Å²) in [5.74, 6) is 1.26. The molecule has 3 N–H and O–H groups in total. The first-order valence-corrected chi connectivity index (χ1v) is 5.36. The van der Waals surface area contributed by atoms with Crippen LogP contribution < -0.4 is 5.73 Å². The molecule has 0 spiro atoms. The number of hydrogen-bond acceptors (Lipinski definition) is 3. The fraction of sp³-hybridized carbons (Fsp3) is 0.154. The van der Waals surface area contributed by atoms with E-state index in [1.807, 2.05) is 36.4 Å².